The number of hydrogen-bond donors (Lipinski definition) is 0. The molecule has 3 rings (SSSR count). The molecule has 0 saturated carbocycles. The third kappa shape index (κ3) is 3.97. The molecule has 1 aromatic heterocycles. The molecule has 2 aromatic carbocycles. The lowest BCUT2D eigenvalue weighted by Crippen LogP contribution is -1.93. The zero-order valence-corrected chi connectivity index (χ0v) is 15.4. The molecule has 0 spiro atoms. The van der Waals surface area contributed by atoms with E-state index in [0.717, 1.165) is 5.56 Å². The minimum atomic E-state index is -0.457. The maximum atomic E-state index is 12.2. The predicted molar refractivity (Wildman–Crippen MR) is 103 cm³/mol. The SMILES string of the molecule is Cc1ccc(C(=O)/C=C/c2ccc(-c3ccc([N+](=O)[O-])cc3Br)o2)cc1. The first-order valence-corrected chi connectivity index (χ1v) is 8.56. The smallest absolute Gasteiger partial charge is 0.270 e. The largest absolute Gasteiger partial charge is 0.457 e. The van der Waals surface area contributed by atoms with Crippen LogP contribution in [0.15, 0.2) is 69.6 Å². The van der Waals surface area contributed by atoms with Crippen LogP contribution in [0.5, 0.6) is 0 Å². The van der Waals surface area contributed by atoms with Crippen molar-refractivity contribution in [3.63, 3.8) is 0 Å². The van der Waals surface area contributed by atoms with Crippen LogP contribution in [0.4, 0.5) is 5.69 Å². The van der Waals surface area contributed by atoms with Gasteiger partial charge in [-0.15, -0.1) is 0 Å². The van der Waals surface area contributed by atoms with Crippen LogP contribution in [0.1, 0.15) is 21.7 Å². The standard InChI is InChI=1S/C20H14BrNO4/c1-13-2-4-14(5-3-13)19(23)10-7-16-8-11-20(26-16)17-9-6-15(22(24)25)12-18(17)21/h2-12H,1H3/b10-7+. The third-order valence-corrected chi connectivity index (χ3v) is 4.45. The molecule has 0 saturated heterocycles. The summed E-state index contributed by atoms with van der Waals surface area (Å²) in [5.74, 6) is 0.958. The molecule has 0 atom stereocenters. The minimum Gasteiger partial charge on any atom is -0.457 e. The first kappa shape index (κ1) is 17.8. The fourth-order valence-corrected chi connectivity index (χ4v) is 2.94. The maximum absolute atomic E-state index is 12.2. The number of carbonyl (C=O) groups excluding carboxylic acids is 1. The van der Waals surface area contributed by atoms with Gasteiger partial charge < -0.3 is 4.42 Å². The summed E-state index contributed by atoms with van der Waals surface area (Å²) in [6.07, 6.45) is 3.06. The summed E-state index contributed by atoms with van der Waals surface area (Å²) in [5, 5.41) is 10.8. The minimum absolute atomic E-state index is 0.00371. The summed E-state index contributed by atoms with van der Waals surface area (Å²) >= 11 is 3.32. The van der Waals surface area contributed by atoms with Crippen molar-refractivity contribution >= 4 is 33.5 Å². The average Bonchev–Trinajstić information content (AvgIpc) is 3.08. The lowest BCUT2D eigenvalue weighted by Gasteiger charge is -2.00. The molecule has 0 aliphatic carbocycles. The lowest BCUT2D eigenvalue weighted by atomic mass is 10.1. The molecular formula is C20H14BrNO4. The highest BCUT2D eigenvalue weighted by Gasteiger charge is 2.13. The fraction of sp³-hybridized carbons (Fsp3) is 0.0500. The molecule has 0 amide bonds. The van der Waals surface area contributed by atoms with Crippen molar-refractivity contribution in [1.82, 2.24) is 0 Å². The van der Waals surface area contributed by atoms with E-state index in [2.05, 4.69) is 15.9 Å². The second kappa shape index (κ2) is 7.49. The number of nitro benzene ring substituents is 1. The second-order valence-corrected chi connectivity index (χ2v) is 6.54. The normalized spacial score (nSPS) is 11.0. The van der Waals surface area contributed by atoms with Crippen LogP contribution in [0.2, 0.25) is 0 Å². The summed E-state index contributed by atoms with van der Waals surface area (Å²) in [4.78, 5) is 22.5. The molecule has 130 valence electrons. The summed E-state index contributed by atoms with van der Waals surface area (Å²) in [6, 6.07) is 15.3. The molecule has 0 N–H and O–H groups in total. The van der Waals surface area contributed by atoms with Gasteiger partial charge in [0.2, 0.25) is 0 Å². The summed E-state index contributed by atoms with van der Waals surface area (Å²) < 4.78 is 6.28. The Morgan fingerprint density at radius 2 is 1.85 bits per heavy atom. The molecule has 26 heavy (non-hydrogen) atoms. The predicted octanol–water partition coefficient (Wildman–Crippen LogP) is 5.82. The van der Waals surface area contributed by atoms with Crippen molar-refractivity contribution < 1.29 is 14.1 Å². The van der Waals surface area contributed by atoms with Crippen LogP contribution in [-0.4, -0.2) is 10.7 Å². The Morgan fingerprint density at radius 1 is 1.12 bits per heavy atom. The highest BCUT2D eigenvalue weighted by Crippen LogP contribution is 2.32. The van der Waals surface area contributed by atoms with Crippen LogP contribution in [0.3, 0.4) is 0 Å². The van der Waals surface area contributed by atoms with E-state index in [1.165, 1.54) is 18.2 Å². The van der Waals surface area contributed by atoms with Crippen molar-refractivity contribution in [2.24, 2.45) is 0 Å². The highest BCUT2D eigenvalue weighted by molar-refractivity contribution is 9.10. The van der Waals surface area contributed by atoms with Gasteiger partial charge in [0.15, 0.2) is 5.78 Å². The number of nitro groups is 1. The Bertz CT molecular complexity index is 1000. The van der Waals surface area contributed by atoms with E-state index < -0.39 is 4.92 Å². The summed E-state index contributed by atoms with van der Waals surface area (Å²) in [5.41, 5.74) is 2.39. The van der Waals surface area contributed by atoms with Crippen molar-refractivity contribution in [2.75, 3.05) is 0 Å². The number of rotatable bonds is 5. The number of furan rings is 1. The van der Waals surface area contributed by atoms with Crippen molar-refractivity contribution in [3.05, 3.63) is 92.1 Å². The van der Waals surface area contributed by atoms with E-state index in [9.17, 15) is 14.9 Å². The molecule has 5 nitrogen and oxygen atoms in total. The van der Waals surface area contributed by atoms with Gasteiger partial charge in [-0.2, -0.15) is 0 Å². The average molecular weight is 412 g/mol. The van der Waals surface area contributed by atoms with Crippen LogP contribution < -0.4 is 0 Å². The number of nitrogens with zero attached hydrogens (tertiary/aromatic N) is 1. The van der Waals surface area contributed by atoms with Crippen LogP contribution >= 0.6 is 15.9 Å². The van der Waals surface area contributed by atoms with Crippen molar-refractivity contribution in [1.29, 1.82) is 0 Å². The Morgan fingerprint density at radius 3 is 2.50 bits per heavy atom. The summed E-state index contributed by atoms with van der Waals surface area (Å²) in [6.45, 7) is 1.96. The fourth-order valence-electron chi connectivity index (χ4n) is 2.38. The number of aryl methyl sites for hydroxylation is 1. The number of hydrogen-bond acceptors (Lipinski definition) is 4. The van der Waals surface area contributed by atoms with E-state index in [1.54, 1.807) is 36.4 Å². The maximum Gasteiger partial charge on any atom is 0.270 e. The molecule has 0 aliphatic rings. The van der Waals surface area contributed by atoms with Gasteiger partial charge in [0.05, 0.1) is 4.92 Å². The topological polar surface area (TPSA) is 73.3 Å². The Labute approximate surface area is 158 Å². The van der Waals surface area contributed by atoms with E-state index in [1.807, 2.05) is 19.1 Å². The van der Waals surface area contributed by atoms with Crippen molar-refractivity contribution in [3.8, 4) is 11.3 Å². The molecule has 0 radical (unpaired) electrons. The van der Waals surface area contributed by atoms with Gasteiger partial charge in [0, 0.05) is 27.7 Å². The molecular weight excluding hydrogens is 398 g/mol. The highest BCUT2D eigenvalue weighted by atomic mass is 79.9. The van der Waals surface area contributed by atoms with Crippen LogP contribution in [-0.2, 0) is 0 Å². The van der Waals surface area contributed by atoms with Gasteiger partial charge in [0.25, 0.3) is 5.69 Å². The van der Waals surface area contributed by atoms with E-state index in [-0.39, 0.29) is 11.5 Å². The van der Waals surface area contributed by atoms with Crippen molar-refractivity contribution in [2.45, 2.75) is 6.92 Å². The first-order chi connectivity index (χ1) is 12.4. The zero-order chi connectivity index (χ0) is 18.7. The molecule has 0 unspecified atom stereocenters. The molecule has 0 aliphatic heterocycles. The lowest BCUT2D eigenvalue weighted by molar-refractivity contribution is -0.384. The Hall–Kier alpha value is -2.99. The number of non-ortho nitro benzene ring substituents is 1. The molecule has 0 fully saturated rings. The third-order valence-electron chi connectivity index (χ3n) is 3.79. The monoisotopic (exact) mass is 411 g/mol. The Kier molecular flexibility index (Phi) is 5.14. The number of halogens is 1. The number of ketones is 1. The summed E-state index contributed by atoms with van der Waals surface area (Å²) in [7, 11) is 0. The van der Waals surface area contributed by atoms with Gasteiger partial charge in [-0.25, -0.2) is 0 Å². The van der Waals surface area contributed by atoms with Gasteiger partial charge in [-0.3, -0.25) is 14.9 Å². The van der Waals surface area contributed by atoms with E-state index in [4.69, 9.17) is 4.42 Å². The van der Waals surface area contributed by atoms with Gasteiger partial charge in [-0.1, -0.05) is 29.8 Å². The van der Waals surface area contributed by atoms with E-state index in [0.29, 0.717) is 27.1 Å². The molecule has 1 heterocycles. The first-order valence-electron chi connectivity index (χ1n) is 7.77. The second-order valence-electron chi connectivity index (χ2n) is 5.69. The van der Waals surface area contributed by atoms with Gasteiger partial charge in [0.1, 0.15) is 11.5 Å². The number of carbonyl (C=O) groups is 1. The molecule has 0 bridgehead atoms. The molecule has 3 aromatic rings. The quantitative estimate of drug-likeness (QED) is 0.229. The van der Waals surface area contributed by atoms with Gasteiger partial charge in [-0.05, 0) is 53.2 Å². The zero-order valence-electron chi connectivity index (χ0n) is 13.8. The Balaban J connectivity index is 1.78. The van der Waals surface area contributed by atoms with Gasteiger partial charge >= 0.3 is 0 Å². The number of allylic oxidation sites excluding steroid dienone is 1. The molecule has 6 heteroatoms. The number of benzene rings is 2. The van der Waals surface area contributed by atoms with E-state index >= 15 is 0 Å². The van der Waals surface area contributed by atoms with Crippen LogP contribution in [0, 0.1) is 17.0 Å². The van der Waals surface area contributed by atoms with Crippen LogP contribution in [0.25, 0.3) is 17.4 Å².